The minimum atomic E-state index is -0.248. The van der Waals surface area contributed by atoms with E-state index in [2.05, 4.69) is 15.9 Å². The molecule has 0 aliphatic carbocycles. The molecule has 0 radical (unpaired) electrons. The van der Waals surface area contributed by atoms with Crippen LogP contribution in [0.5, 0.6) is 0 Å². The summed E-state index contributed by atoms with van der Waals surface area (Å²) in [6, 6.07) is 6.80. The second-order valence-corrected chi connectivity index (χ2v) is 3.86. The second-order valence-electron chi connectivity index (χ2n) is 3.07. The first-order chi connectivity index (χ1) is 7.27. The van der Waals surface area contributed by atoms with E-state index in [4.69, 9.17) is 5.26 Å². The Kier molecular flexibility index (Phi) is 5.06. The fraction of sp³-hybridized carbons (Fsp3) is 0.250. The average molecular weight is 268 g/mol. The summed E-state index contributed by atoms with van der Waals surface area (Å²) < 4.78 is 13.3. The van der Waals surface area contributed by atoms with Gasteiger partial charge < -0.3 is 0 Å². The summed E-state index contributed by atoms with van der Waals surface area (Å²) in [5.41, 5.74) is 1.39. The third kappa shape index (κ3) is 3.85. The zero-order valence-electron chi connectivity index (χ0n) is 8.21. The van der Waals surface area contributed by atoms with Crippen LogP contribution in [-0.4, -0.2) is 5.33 Å². The van der Waals surface area contributed by atoms with Gasteiger partial charge in [-0.3, -0.25) is 0 Å². The molecule has 3 heteroatoms. The Balaban J connectivity index is 2.86. The van der Waals surface area contributed by atoms with Gasteiger partial charge in [0, 0.05) is 10.9 Å². The zero-order chi connectivity index (χ0) is 11.1. The molecule has 1 aromatic carbocycles. The lowest BCUT2D eigenvalue weighted by atomic mass is 10.1. The third-order valence-corrected chi connectivity index (χ3v) is 2.37. The van der Waals surface area contributed by atoms with E-state index in [0.29, 0.717) is 12.0 Å². The van der Waals surface area contributed by atoms with Crippen LogP contribution in [0.2, 0.25) is 0 Å². The molecule has 0 saturated carbocycles. The van der Waals surface area contributed by atoms with Crippen molar-refractivity contribution in [3.05, 3.63) is 41.2 Å². The van der Waals surface area contributed by atoms with E-state index < -0.39 is 0 Å². The molecule has 0 aliphatic rings. The first-order valence-electron chi connectivity index (χ1n) is 4.66. The third-order valence-electron chi connectivity index (χ3n) is 1.92. The summed E-state index contributed by atoms with van der Waals surface area (Å²) in [6.07, 6.45) is 4.84. The molecule has 1 aromatic rings. The van der Waals surface area contributed by atoms with E-state index in [1.807, 2.05) is 12.1 Å². The van der Waals surface area contributed by atoms with Gasteiger partial charge in [0.05, 0.1) is 12.5 Å². The van der Waals surface area contributed by atoms with Crippen molar-refractivity contribution in [3.63, 3.8) is 0 Å². The number of hydrogen-bond acceptors (Lipinski definition) is 1. The topological polar surface area (TPSA) is 23.8 Å². The van der Waals surface area contributed by atoms with E-state index in [-0.39, 0.29) is 5.82 Å². The van der Waals surface area contributed by atoms with Gasteiger partial charge in [-0.25, -0.2) is 4.39 Å². The zero-order valence-corrected chi connectivity index (χ0v) is 9.80. The Hall–Kier alpha value is -1.14. The molecule has 0 atom stereocenters. The Bertz CT molecular complexity index is 393. The van der Waals surface area contributed by atoms with Gasteiger partial charge in [0.1, 0.15) is 5.82 Å². The normalized spacial score (nSPS) is 10.5. The maximum atomic E-state index is 13.3. The number of benzene rings is 1. The summed E-state index contributed by atoms with van der Waals surface area (Å²) in [7, 11) is 0. The number of allylic oxidation sites excluding steroid dienone is 1. The predicted octanol–water partition coefficient (Wildman–Crippen LogP) is 3.69. The highest BCUT2D eigenvalue weighted by molar-refractivity contribution is 9.09. The van der Waals surface area contributed by atoms with Crippen LogP contribution in [-0.2, 0) is 6.42 Å². The maximum absolute atomic E-state index is 13.3. The Morgan fingerprint density at radius 2 is 2.27 bits per heavy atom. The van der Waals surface area contributed by atoms with Crippen LogP contribution < -0.4 is 0 Å². The van der Waals surface area contributed by atoms with Gasteiger partial charge >= 0.3 is 0 Å². The van der Waals surface area contributed by atoms with Gasteiger partial charge in [-0.1, -0.05) is 34.1 Å². The van der Waals surface area contributed by atoms with Crippen LogP contribution in [0.25, 0.3) is 6.08 Å². The molecule has 1 rings (SSSR count). The second kappa shape index (κ2) is 6.36. The van der Waals surface area contributed by atoms with Gasteiger partial charge in [0.25, 0.3) is 0 Å². The summed E-state index contributed by atoms with van der Waals surface area (Å²) in [5, 5.41) is 9.39. The quantitative estimate of drug-likeness (QED) is 0.764. The van der Waals surface area contributed by atoms with Crippen molar-refractivity contribution in [2.45, 2.75) is 12.8 Å². The molecule has 0 unspecified atom stereocenters. The summed E-state index contributed by atoms with van der Waals surface area (Å²) >= 11 is 3.29. The van der Waals surface area contributed by atoms with Crippen LogP contribution in [0, 0.1) is 17.1 Å². The monoisotopic (exact) mass is 267 g/mol. The lowest BCUT2D eigenvalue weighted by Gasteiger charge is -1.99. The van der Waals surface area contributed by atoms with Gasteiger partial charge in [0.15, 0.2) is 0 Å². The van der Waals surface area contributed by atoms with Crippen molar-refractivity contribution < 1.29 is 4.39 Å². The molecule has 0 bridgehead atoms. The molecule has 15 heavy (non-hydrogen) atoms. The smallest absolute Gasteiger partial charge is 0.130 e. The van der Waals surface area contributed by atoms with Crippen LogP contribution in [0.15, 0.2) is 24.3 Å². The van der Waals surface area contributed by atoms with Gasteiger partial charge in [-0.15, -0.1) is 0 Å². The number of halogens is 2. The Labute approximate surface area is 97.4 Å². The van der Waals surface area contributed by atoms with E-state index in [9.17, 15) is 4.39 Å². The number of rotatable bonds is 4. The van der Waals surface area contributed by atoms with Crippen molar-refractivity contribution in [2.75, 3.05) is 5.33 Å². The van der Waals surface area contributed by atoms with Crippen molar-refractivity contribution >= 4 is 22.0 Å². The molecule has 0 fully saturated rings. The highest BCUT2D eigenvalue weighted by Crippen LogP contribution is 2.13. The minimum absolute atomic E-state index is 0.248. The molecule has 0 amide bonds. The Morgan fingerprint density at radius 3 is 2.93 bits per heavy atom. The average Bonchev–Trinajstić information content (AvgIpc) is 2.23. The predicted molar refractivity (Wildman–Crippen MR) is 63.2 cm³/mol. The summed E-state index contributed by atoms with van der Waals surface area (Å²) in [4.78, 5) is 0. The molecule has 0 N–H and O–H groups in total. The molecular weight excluding hydrogens is 257 g/mol. The van der Waals surface area contributed by atoms with Crippen molar-refractivity contribution in [2.24, 2.45) is 0 Å². The van der Waals surface area contributed by atoms with E-state index in [0.717, 1.165) is 17.3 Å². The molecule has 0 saturated heterocycles. The lowest BCUT2D eigenvalue weighted by molar-refractivity contribution is 0.624. The maximum Gasteiger partial charge on any atom is 0.130 e. The first-order valence-corrected chi connectivity index (χ1v) is 5.78. The van der Waals surface area contributed by atoms with Crippen LogP contribution in [0.1, 0.15) is 17.5 Å². The highest BCUT2D eigenvalue weighted by Gasteiger charge is 1.99. The van der Waals surface area contributed by atoms with Gasteiger partial charge in [-0.2, -0.15) is 5.26 Å². The molecular formula is C12H11BrFN. The van der Waals surface area contributed by atoms with Crippen LogP contribution >= 0.6 is 15.9 Å². The van der Waals surface area contributed by atoms with Crippen molar-refractivity contribution in [3.8, 4) is 6.07 Å². The molecule has 0 spiro atoms. The minimum Gasteiger partial charge on any atom is -0.206 e. The largest absolute Gasteiger partial charge is 0.206 e. The number of nitrogens with zero attached hydrogens (tertiary/aromatic N) is 1. The fourth-order valence-corrected chi connectivity index (χ4v) is 1.46. The highest BCUT2D eigenvalue weighted by atomic mass is 79.9. The van der Waals surface area contributed by atoms with E-state index in [1.54, 1.807) is 18.2 Å². The number of nitriles is 1. The molecule has 0 aromatic heterocycles. The van der Waals surface area contributed by atoms with Crippen LogP contribution in [0.4, 0.5) is 4.39 Å². The standard InChI is InChI=1S/C12H11BrFN/c13-7-2-1-3-11-9-10(6-8-15)4-5-12(11)14/h1,3-5,9H,2,6-7H2. The molecule has 1 nitrogen and oxygen atoms in total. The van der Waals surface area contributed by atoms with E-state index in [1.165, 1.54) is 6.07 Å². The summed E-state index contributed by atoms with van der Waals surface area (Å²) in [6.45, 7) is 0. The Morgan fingerprint density at radius 1 is 1.47 bits per heavy atom. The first kappa shape index (κ1) is 11.9. The van der Waals surface area contributed by atoms with Gasteiger partial charge in [-0.05, 0) is 24.1 Å². The number of alkyl halides is 1. The molecule has 78 valence electrons. The van der Waals surface area contributed by atoms with Crippen LogP contribution in [0.3, 0.4) is 0 Å². The molecule has 0 aliphatic heterocycles. The van der Waals surface area contributed by atoms with Gasteiger partial charge in [0.2, 0.25) is 0 Å². The molecule has 0 heterocycles. The lowest BCUT2D eigenvalue weighted by Crippen LogP contribution is -1.87. The van der Waals surface area contributed by atoms with Crippen molar-refractivity contribution in [1.82, 2.24) is 0 Å². The fourth-order valence-electron chi connectivity index (χ4n) is 1.20. The summed E-state index contributed by atoms with van der Waals surface area (Å²) in [5.74, 6) is -0.248. The number of hydrogen-bond donors (Lipinski definition) is 0. The SMILES string of the molecule is N#CCc1ccc(F)c(C=CCCBr)c1. The van der Waals surface area contributed by atoms with E-state index >= 15 is 0 Å². The van der Waals surface area contributed by atoms with Crippen molar-refractivity contribution in [1.29, 1.82) is 5.26 Å².